The van der Waals surface area contributed by atoms with Crippen molar-refractivity contribution in [3.63, 3.8) is 0 Å². The van der Waals surface area contributed by atoms with Gasteiger partial charge in [0, 0.05) is 13.2 Å². The molecular formula is C16H22N4O2. The molecule has 0 amide bonds. The lowest BCUT2D eigenvalue weighted by atomic mass is 10.1. The molecule has 2 heterocycles. The van der Waals surface area contributed by atoms with Gasteiger partial charge in [-0.25, -0.2) is 4.68 Å². The first-order valence-electron chi connectivity index (χ1n) is 7.70. The first-order chi connectivity index (χ1) is 10.8. The molecule has 6 heteroatoms. The summed E-state index contributed by atoms with van der Waals surface area (Å²) in [5, 5.41) is 8.32. The average molecular weight is 302 g/mol. The summed E-state index contributed by atoms with van der Waals surface area (Å²) in [6.07, 6.45) is 5.01. The second kappa shape index (κ2) is 7.00. The Morgan fingerprint density at radius 2 is 2.32 bits per heavy atom. The first kappa shape index (κ1) is 15.1. The van der Waals surface area contributed by atoms with Crippen LogP contribution in [-0.2, 0) is 22.6 Å². The number of nitrogens with zero attached hydrogens (tertiary/aromatic N) is 3. The zero-order chi connectivity index (χ0) is 15.4. The molecule has 1 atom stereocenters. The summed E-state index contributed by atoms with van der Waals surface area (Å²) in [4.78, 5) is 0. The van der Waals surface area contributed by atoms with Crippen LogP contribution < -0.4 is 5.73 Å². The highest BCUT2D eigenvalue weighted by Gasteiger charge is 2.15. The van der Waals surface area contributed by atoms with E-state index >= 15 is 0 Å². The summed E-state index contributed by atoms with van der Waals surface area (Å²) >= 11 is 0. The normalized spacial score (nSPS) is 18.5. The molecule has 2 aromatic rings. The maximum Gasteiger partial charge on any atom is 0.158 e. The average Bonchev–Trinajstić information content (AvgIpc) is 3.03. The lowest BCUT2D eigenvalue weighted by Gasteiger charge is -2.22. The van der Waals surface area contributed by atoms with E-state index in [1.165, 1.54) is 0 Å². The van der Waals surface area contributed by atoms with Gasteiger partial charge in [-0.1, -0.05) is 11.3 Å². The molecule has 1 aliphatic rings. The minimum absolute atomic E-state index is 0.106. The number of ether oxygens (including phenoxy) is 2. The minimum Gasteiger partial charge on any atom is -0.353 e. The highest BCUT2D eigenvalue weighted by atomic mass is 16.7. The second-order valence-corrected chi connectivity index (χ2v) is 5.58. The monoisotopic (exact) mass is 302 g/mol. The molecule has 0 aliphatic carbocycles. The highest BCUT2D eigenvalue weighted by molar-refractivity contribution is 5.39. The topological polar surface area (TPSA) is 75.2 Å². The number of hydrogen-bond donors (Lipinski definition) is 1. The Bertz CT molecular complexity index is 620. The van der Waals surface area contributed by atoms with Crippen LogP contribution in [0.3, 0.4) is 0 Å². The summed E-state index contributed by atoms with van der Waals surface area (Å²) in [5.74, 6) is 0. The third kappa shape index (κ3) is 3.52. The first-order valence-corrected chi connectivity index (χ1v) is 7.70. The van der Waals surface area contributed by atoms with E-state index in [-0.39, 0.29) is 6.29 Å². The predicted octanol–water partition coefficient (Wildman–Crippen LogP) is 2.08. The maximum absolute atomic E-state index is 5.72. The van der Waals surface area contributed by atoms with Gasteiger partial charge in [0.15, 0.2) is 6.29 Å². The van der Waals surface area contributed by atoms with Crippen LogP contribution in [0.25, 0.3) is 5.69 Å². The quantitative estimate of drug-likeness (QED) is 0.915. The molecule has 1 unspecified atom stereocenters. The van der Waals surface area contributed by atoms with Crippen molar-refractivity contribution in [2.75, 3.05) is 6.61 Å². The van der Waals surface area contributed by atoms with E-state index in [0.717, 1.165) is 48.4 Å². The van der Waals surface area contributed by atoms with Crippen LogP contribution in [0.2, 0.25) is 0 Å². The zero-order valence-corrected chi connectivity index (χ0v) is 12.9. The third-order valence-corrected chi connectivity index (χ3v) is 3.91. The Morgan fingerprint density at radius 1 is 1.41 bits per heavy atom. The number of nitrogens with two attached hydrogens (primary N) is 1. The van der Waals surface area contributed by atoms with E-state index in [1.807, 2.05) is 25.3 Å². The standard InChI is InChI=1S/C16H22N4O2/c1-12-8-15(6-5-13(12)9-17)20-10-14(18-19-20)11-22-16-4-2-3-7-21-16/h5-6,8,10,16H,2-4,7,9,11,17H2,1H3. The van der Waals surface area contributed by atoms with E-state index < -0.39 is 0 Å². The Balaban J connectivity index is 1.64. The van der Waals surface area contributed by atoms with Crippen molar-refractivity contribution < 1.29 is 9.47 Å². The molecule has 1 saturated heterocycles. The summed E-state index contributed by atoms with van der Waals surface area (Å²) < 4.78 is 13.0. The number of aromatic nitrogens is 3. The molecule has 3 rings (SSSR count). The molecule has 1 aromatic carbocycles. The third-order valence-electron chi connectivity index (χ3n) is 3.91. The molecule has 118 valence electrons. The molecule has 0 radical (unpaired) electrons. The Hall–Kier alpha value is -1.76. The number of rotatable bonds is 5. The van der Waals surface area contributed by atoms with Gasteiger partial charge >= 0.3 is 0 Å². The van der Waals surface area contributed by atoms with Crippen LogP contribution in [0.15, 0.2) is 24.4 Å². The molecule has 1 aliphatic heterocycles. The summed E-state index contributed by atoms with van der Waals surface area (Å²) in [6.45, 7) is 3.80. The van der Waals surface area contributed by atoms with E-state index in [4.69, 9.17) is 15.2 Å². The van der Waals surface area contributed by atoms with Gasteiger partial charge in [-0.2, -0.15) is 0 Å². The summed E-state index contributed by atoms with van der Waals surface area (Å²) in [7, 11) is 0. The molecule has 0 saturated carbocycles. The van der Waals surface area contributed by atoms with Gasteiger partial charge in [0.25, 0.3) is 0 Å². The van der Waals surface area contributed by atoms with Crippen LogP contribution in [0.4, 0.5) is 0 Å². The minimum atomic E-state index is -0.106. The summed E-state index contributed by atoms with van der Waals surface area (Å²) in [5.41, 5.74) is 9.76. The van der Waals surface area contributed by atoms with E-state index in [1.54, 1.807) is 4.68 Å². The fraction of sp³-hybridized carbons (Fsp3) is 0.500. The number of aryl methyl sites for hydroxylation is 1. The predicted molar refractivity (Wildman–Crippen MR) is 82.4 cm³/mol. The molecular weight excluding hydrogens is 280 g/mol. The van der Waals surface area contributed by atoms with Gasteiger partial charge in [-0.05, 0) is 49.4 Å². The van der Waals surface area contributed by atoms with Crippen molar-refractivity contribution >= 4 is 0 Å². The molecule has 0 bridgehead atoms. The molecule has 22 heavy (non-hydrogen) atoms. The molecule has 1 aromatic heterocycles. The van der Waals surface area contributed by atoms with Crippen LogP contribution in [-0.4, -0.2) is 27.9 Å². The molecule has 6 nitrogen and oxygen atoms in total. The van der Waals surface area contributed by atoms with E-state index in [0.29, 0.717) is 13.2 Å². The largest absolute Gasteiger partial charge is 0.353 e. The van der Waals surface area contributed by atoms with E-state index in [9.17, 15) is 0 Å². The second-order valence-electron chi connectivity index (χ2n) is 5.58. The molecule has 0 spiro atoms. The lowest BCUT2D eigenvalue weighted by Crippen LogP contribution is -2.22. The Morgan fingerprint density at radius 3 is 3.05 bits per heavy atom. The fourth-order valence-corrected chi connectivity index (χ4v) is 2.56. The zero-order valence-electron chi connectivity index (χ0n) is 12.9. The lowest BCUT2D eigenvalue weighted by molar-refractivity contribution is -0.169. The smallest absolute Gasteiger partial charge is 0.158 e. The number of hydrogen-bond acceptors (Lipinski definition) is 5. The number of benzene rings is 1. The highest BCUT2D eigenvalue weighted by Crippen LogP contribution is 2.16. The van der Waals surface area contributed by atoms with Crippen molar-refractivity contribution in [1.29, 1.82) is 0 Å². The van der Waals surface area contributed by atoms with Gasteiger partial charge in [0.1, 0.15) is 5.69 Å². The van der Waals surface area contributed by atoms with Crippen molar-refractivity contribution in [2.45, 2.75) is 45.6 Å². The van der Waals surface area contributed by atoms with Gasteiger partial charge in [-0.15, -0.1) is 5.10 Å². The van der Waals surface area contributed by atoms with Gasteiger partial charge in [0.2, 0.25) is 0 Å². The Labute approximate surface area is 130 Å². The van der Waals surface area contributed by atoms with Crippen molar-refractivity contribution in [2.24, 2.45) is 5.73 Å². The maximum atomic E-state index is 5.72. The molecule has 2 N–H and O–H groups in total. The van der Waals surface area contributed by atoms with Crippen LogP contribution >= 0.6 is 0 Å². The summed E-state index contributed by atoms with van der Waals surface area (Å²) in [6, 6.07) is 6.09. The van der Waals surface area contributed by atoms with Crippen molar-refractivity contribution in [1.82, 2.24) is 15.0 Å². The van der Waals surface area contributed by atoms with Gasteiger partial charge in [0.05, 0.1) is 18.5 Å². The van der Waals surface area contributed by atoms with Crippen molar-refractivity contribution in [3.8, 4) is 5.69 Å². The van der Waals surface area contributed by atoms with Gasteiger partial charge in [-0.3, -0.25) is 0 Å². The van der Waals surface area contributed by atoms with E-state index in [2.05, 4.69) is 16.4 Å². The molecule has 1 fully saturated rings. The SMILES string of the molecule is Cc1cc(-n2cc(COC3CCCCO3)nn2)ccc1CN. The van der Waals surface area contributed by atoms with Crippen LogP contribution in [0, 0.1) is 6.92 Å². The van der Waals surface area contributed by atoms with Crippen LogP contribution in [0.5, 0.6) is 0 Å². The van der Waals surface area contributed by atoms with Gasteiger partial charge < -0.3 is 15.2 Å². The fourth-order valence-electron chi connectivity index (χ4n) is 2.56. The van der Waals surface area contributed by atoms with Crippen molar-refractivity contribution in [3.05, 3.63) is 41.2 Å². The van der Waals surface area contributed by atoms with Crippen LogP contribution in [0.1, 0.15) is 36.1 Å². The Kier molecular flexibility index (Phi) is 4.82.